The molecule has 0 unspecified atom stereocenters. The van der Waals surface area contributed by atoms with Crippen LogP contribution in [0.3, 0.4) is 0 Å². The predicted octanol–water partition coefficient (Wildman–Crippen LogP) is 3.02. The normalized spacial score (nSPS) is 9.88. The van der Waals surface area contributed by atoms with Gasteiger partial charge in [0.05, 0.1) is 11.6 Å². The predicted molar refractivity (Wildman–Crippen MR) is 68.4 cm³/mol. The third-order valence-corrected chi connectivity index (χ3v) is 2.12. The molecule has 0 aliphatic heterocycles. The number of carbonyl (C=O) groups is 1. The highest BCUT2D eigenvalue weighted by atomic mass is 16.1. The summed E-state index contributed by atoms with van der Waals surface area (Å²) < 4.78 is 0. The number of allylic oxidation sites excluding steroid dienone is 1. The van der Waals surface area contributed by atoms with E-state index in [4.69, 9.17) is 5.26 Å². The topological polar surface area (TPSA) is 52.9 Å². The third-order valence-electron chi connectivity index (χ3n) is 2.12. The lowest BCUT2D eigenvalue weighted by Gasteiger charge is -2.04. The van der Waals surface area contributed by atoms with Crippen molar-refractivity contribution in [2.45, 2.75) is 13.3 Å². The van der Waals surface area contributed by atoms with Gasteiger partial charge >= 0.3 is 0 Å². The summed E-state index contributed by atoms with van der Waals surface area (Å²) in [5.74, 6) is -0.237. The highest BCUT2D eigenvalue weighted by Gasteiger charge is 2.03. The van der Waals surface area contributed by atoms with Gasteiger partial charge in [0.15, 0.2) is 0 Å². The maximum atomic E-state index is 11.6. The van der Waals surface area contributed by atoms with Crippen molar-refractivity contribution < 1.29 is 4.79 Å². The molecule has 0 saturated heterocycles. The first-order valence-corrected chi connectivity index (χ1v) is 5.34. The highest BCUT2D eigenvalue weighted by molar-refractivity contribution is 6.05. The molecule has 0 atom stereocenters. The molecule has 0 radical (unpaired) electrons. The van der Waals surface area contributed by atoms with Gasteiger partial charge in [-0.2, -0.15) is 5.26 Å². The van der Waals surface area contributed by atoms with Crippen molar-refractivity contribution in [2.75, 3.05) is 5.32 Å². The monoisotopic (exact) mass is 226 g/mol. The summed E-state index contributed by atoms with van der Waals surface area (Å²) >= 11 is 0. The summed E-state index contributed by atoms with van der Waals surface area (Å²) in [6, 6.07) is 8.70. The summed E-state index contributed by atoms with van der Waals surface area (Å²) in [6.45, 7) is 5.66. The van der Waals surface area contributed by atoms with E-state index in [1.807, 2.05) is 19.1 Å². The zero-order valence-corrected chi connectivity index (χ0v) is 9.73. The Bertz CT molecular complexity index is 478. The molecule has 3 nitrogen and oxygen atoms in total. The molecule has 0 aliphatic rings. The molecule has 3 heteroatoms. The molecule has 0 bridgehead atoms. The fourth-order valence-electron chi connectivity index (χ4n) is 1.18. The first-order chi connectivity index (χ1) is 8.17. The number of rotatable bonds is 4. The van der Waals surface area contributed by atoms with Gasteiger partial charge in [-0.1, -0.05) is 25.7 Å². The Kier molecular flexibility index (Phi) is 4.71. The third kappa shape index (κ3) is 3.96. The van der Waals surface area contributed by atoms with Crippen LogP contribution in [-0.4, -0.2) is 5.91 Å². The molecule has 0 aromatic heterocycles. The molecular formula is C14H14N2O. The molecule has 0 heterocycles. The molecular weight excluding hydrogens is 212 g/mol. The van der Waals surface area contributed by atoms with Crippen molar-refractivity contribution >= 4 is 11.6 Å². The molecule has 1 aromatic rings. The number of hydrogen-bond donors (Lipinski definition) is 1. The second kappa shape index (κ2) is 6.29. The van der Waals surface area contributed by atoms with Gasteiger partial charge in [-0.3, -0.25) is 4.79 Å². The zero-order chi connectivity index (χ0) is 12.7. The van der Waals surface area contributed by atoms with E-state index in [9.17, 15) is 4.79 Å². The molecule has 0 saturated carbocycles. The molecule has 1 aromatic carbocycles. The largest absolute Gasteiger partial charge is 0.322 e. The van der Waals surface area contributed by atoms with Crippen LogP contribution >= 0.6 is 0 Å². The number of nitriles is 1. The smallest absolute Gasteiger partial charge is 0.255 e. The molecule has 17 heavy (non-hydrogen) atoms. The van der Waals surface area contributed by atoms with Crippen molar-refractivity contribution in [1.82, 2.24) is 0 Å². The molecule has 0 spiro atoms. The number of nitrogens with zero attached hydrogens (tertiary/aromatic N) is 1. The van der Waals surface area contributed by atoms with Crippen LogP contribution in [0.2, 0.25) is 0 Å². The van der Waals surface area contributed by atoms with E-state index in [2.05, 4.69) is 11.9 Å². The molecule has 86 valence electrons. The minimum Gasteiger partial charge on any atom is -0.322 e. The number of amides is 1. The fourth-order valence-corrected chi connectivity index (χ4v) is 1.18. The van der Waals surface area contributed by atoms with Crippen molar-refractivity contribution in [2.24, 2.45) is 0 Å². The van der Waals surface area contributed by atoms with Crippen LogP contribution in [0.4, 0.5) is 5.69 Å². The summed E-state index contributed by atoms with van der Waals surface area (Å²) in [6.07, 6.45) is 4.43. The lowest BCUT2D eigenvalue weighted by Crippen LogP contribution is -2.12. The van der Waals surface area contributed by atoms with Gasteiger partial charge in [-0.25, -0.2) is 0 Å². The Balaban J connectivity index is 2.65. The minimum atomic E-state index is -0.237. The second-order valence-electron chi connectivity index (χ2n) is 3.48. The first kappa shape index (κ1) is 12.7. The van der Waals surface area contributed by atoms with Gasteiger partial charge in [-0.15, -0.1) is 0 Å². The lowest BCUT2D eigenvalue weighted by atomic mass is 10.2. The van der Waals surface area contributed by atoms with Gasteiger partial charge in [-0.05, 0) is 30.7 Å². The van der Waals surface area contributed by atoms with Gasteiger partial charge in [0, 0.05) is 11.3 Å². The van der Waals surface area contributed by atoms with E-state index in [0.29, 0.717) is 16.8 Å². The first-order valence-electron chi connectivity index (χ1n) is 5.34. The van der Waals surface area contributed by atoms with Crippen molar-refractivity contribution in [3.05, 3.63) is 54.1 Å². The van der Waals surface area contributed by atoms with Crippen LogP contribution in [0.25, 0.3) is 0 Å². The van der Waals surface area contributed by atoms with Gasteiger partial charge < -0.3 is 5.32 Å². The number of hydrogen-bond acceptors (Lipinski definition) is 2. The highest BCUT2D eigenvalue weighted by Crippen LogP contribution is 2.10. The maximum absolute atomic E-state index is 11.6. The van der Waals surface area contributed by atoms with Gasteiger partial charge in [0.25, 0.3) is 5.91 Å². The average Bonchev–Trinajstić information content (AvgIpc) is 2.36. The number of anilines is 1. The molecule has 1 rings (SSSR count). The Morgan fingerprint density at radius 2 is 2.12 bits per heavy atom. The fraction of sp³-hybridized carbons (Fsp3) is 0.143. The van der Waals surface area contributed by atoms with Crippen LogP contribution in [-0.2, 0) is 4.79 Å². The standard InChI is InChI=1S/C14H14N2O/c1-3-4-5-11(2)14(17)16-13-8-6-12(10-15)7-9-13/h4-9H,2-3H2,1H3,(H,16,17)/b5-4-. The van der Waals surface area contributed by atoms with Crippen LogP contribution in [0.1, 0.15) is 18.9 Å². The van der Waals surface area contributed by atoms with E-state index >= 15 is 0 Å². The summed E-state index contributed by atoms with van der Waals surface area (Å²) in [7, 11) is 0. The van der Waals surface area contributed by atoms with Crippen LogP contribution < -0.4 is 5.32 Å². The van der Waals surface area contributed by atoms with Gasteiger partial charge in [0.1, 0.15) is 0 Å². The molecule has 0 fully saturated rings. The molecule has 0 aliphatic carbocycles. The SMILES string of the molecule is C=C(/C=C\CC)C(=O)Nc1ccc(C#N)cc1. The van der Waals surface area contributed by atoms with Crippen molar-refractivity contribution in [3.63, 3.8) is 0 Å². The zero-order valence-electron chi connectivity index (χ0n) is 9.73. The maximum Gasteiger partial charge on any atom is 0.255 e. The summed E-state index contributed by atoms with van der Waals surface area (Å²) in [5.41, 5.74) is 1.63. The minimum absolute atomic E-state index is 0.237. The van der Waals surface area contributed by atoms with E-state index < -0.39 is 0 Å². The Morgan fingerprint density at radius 3 is 2.65 bits per heavy atom. The number of nitrogens with one attached hydrogen (secondary N) is 1. The van der Waals surface area contributed by atoms with Gasteiger partial charge in [0.2, 0.25) is 0 Å². The summed E-state index contributed by atoms with van der Waals surface area (Å²) in [5, 5.41) is 11.3. The second-order valence-corrected chi connectivity index (χ2v) is 3.48. The summed E-state index contributed by atoms with van der Waals surface area (Å²) in [4.78, 5) is 11.6. The van der Waals surface area contributed by atoms with E-state index in [1.165, 1.54) is 0 Å². The van der Waals surface area contributed by atoms with Crippen molar-refractivity contribution in [1.29, 1.82) is 5.26 Å². The Hall–Kier alpha value is -2.34. The van der Waals surface area contributed by atoms with E-state index in [1.54, 1.807) is 30.3 Å². The van der Waals surface area contributed by atoms with Crippen LogP contribution in [0, 0.1) is 11.3 Å². The van der Waals surface area contributed by atoms with E-state index in [0.717, 1.165) is 6.42 Å². The molecule has 1 N–H and O–H groups in total. The number of carbonyl (C=O) groups excluding carboxylic acids is 1. The Morgan fingerprint density at radius 1 is 1.47 bits per heavy atom. The Labute approximate surface area is 101 Å². The van der Waals surface area contributed by atoms with E-state index in [-0.39, 0.29) is 5.91 Å². The lowest BCUT2D eigenvalue weighted by molar-refractivity contribution is -0.112. The quantitative estimate of drug-likeness (QED) is 0.633. The molecule has 1 amide bonds. The van der Waals surface area contributed by atoms with Crippen LogP contribution in [0.5, 0.6) is 0 Å². The van der Waals surface area contributed by atoms with Crippen molar-refractivity contribution in [3.8, 4) is 6.07 Å². The van der Waals surface area contributed by atoms with Crippen LogP contribution in [0.15, 0.2) is 48.6 Å². The average molecular weight is 226 g/mol. The number of benzene rings is 1.